The summed E-state index contributed by atoms with van der Waals surface area (Å²) in [5.74, 6) is 1.11. The van der Waals surface area contributed by atoms with Crippen molar-refractivity contribution in [1.29, 1.82) is 0 Å². The van der Waals surface area contributed by atoms with E-state index < -0.39 is 0 Å². The first-order valence-corrected chi connectivity index (χ1v) is 10.6. The molecule has 0 unspecified atom stereocenters. The van der Waals surface area contributed by atoms with Gasteiger partial charge in [-0.2, -0.15) is 0 Å². The van der Waals surface area contributed by atoms with E-state index in [4.69, 9.17) is 11.6 Å². The van der Waals surface area contributed by atoms with Crippen LogP contribution in [0.3, 0.4) is 0 Å². The Morgan fingerprint density at radius 2 is 2.00 bits per heavy atom. The predicted molar refractivity (Wildman–Crippen MR) is 117 cm³/mol. The number of aromatic nitrogens is 2. The summed E-state index contributed by atoms with van der Waals surface area (Å²) in [6.45, 7) is 2.77. The zero-order valence-corrected chi connectivity index (χ0v) is 17.4. The third-order valence-corrected chi connectivity index (χ3v) is 6.15. The average molecular weight is 408 g/mol. The first kappa shape index (κ1) is 19.7. The summed E-state index contributed by atoms with van der Waals surface area (Å²) in [4.78, 5) is 20.1. The van der Waals surface area contributed by atoms with Gasteiger partial charge in [-0.25, -0.2) is 0 Å². The van der Waals surface area contributed by atoms with E-state index in [1.807, 2.05) is 43.6 Å². The maximum atomic E-state index is 12.8. The van der Waals surface area contributed by atoms with Crippen LogP contribution >= 0.6 is 11.6 Å². The topological polar surface area (TPSA) is 57.8 Å². The van der Waals surface area contributed by atoms with Crippen molar-refractivity contribution in [2.24, 2.45) is 5.92 Å². The number of carbonyl (C=O) groups excluding carboxylic acids is 1. The summed E-state index contributed by atoms with van der Waals surface area (Å²) in [6, 6.07) is 11.9. The molecule has 4 rings (SSSR count). The number of rotatable bonds is 5. The Bertz CT molecular complexity index is 989. The van der Waals surface area contributed by atoms with E-state index in [1.165, 1.54) is 18.4 Å². The van der Waals surface area contributed by atoms with Crippen LogP contribution < -0.4 is 5.32 Å². The van der Waals surface area contributed by atoms with Crippen LogP contribution in [0.4, 0.5) is 0 Å². The highest BCUT2D eigenvalue weighted by atomic mass is 35.5. The van der Waals surface area contributed by atoms with Gasteiger partial charge in [-0.05, 0) is 79.8 Å². The van der Waals surface area contributed by atoms with Crippen LogP contribution in [0.15, 0.2) is 55.0 Å². The number of amides is 1. The number of carbonyl (C=O) groups is 1. The number of benzene rings is 1. The number of aryl methyl sites for hydroxylation is 1. The molecule has 1 amide bonds. The van der Waals surface area contributed by atoms with Gasteiger partial charge in [0.2, 0.25) is 0 Å². The van der Waals surface area contributed by atoms with Crippen LogP contribution in [0.2, 0.25) is 5.02 Å². The minimum Gasteiger partial charge on any atom is -0.366 e. The van der Waals surface area contributed by atoms with E-state index in [0.717, 1.165) is 36.2 Å². The first-order chi connectivity index (χ1) is 14.1. The minimum absolute atomic E-state index is 0.0342. The Labute approximate surface area is 176 Å². The fraction of sp³-hybridized carbons (Fsp3) is 0.333. The van der Waals surface area contributed by atoms with Crippen molar-refractivity contribution in [1.82, 2.24) is 15.3 Å². The zero-order chi connectivity index (χ0) is 20.2. The molecule has 0 bridgehead atoms. The number of pyridine rings is 1. The lowest BCUT2D eigenvalue weighted by Crippen LogP contribution is -2.31. The van der Waals surface area contributed by atoms with Crippen LogP contribution in [-0.2, 0) is 0 Å². The van der Waals surface area contributed by atoms with Crippen LogP contribution in [0.25, 0.3) is 11.1 Å². The molecule has 2 aromatic heterocycles. The van der Waals surface area contributed by atoms with Gasteiger partial charge < -0.3 is 10.3 Å². The Balaban J connectivity index is 1.33. The van der Waals surface area contributed by atoms with Gasteiger partial charge in [0, 0.05) is 41.4 Å². The summed E-state index contributed by atoms with van der Waals surface area (Å²) < 4.78 is 0. The molecule has 1 aromatic carbocycles. The number of nitrogens with one attached hydrogen (secondary N) is 2. The molecule has 4 nitrogen and oxygen atoms in total. The van der Waals surface area contributed by atoms with Gasteiger partial charge >= 0.3 is 0 Å². The second-order valence-corrected chi connectivity index (χ2v) is 8.39. The SMILES string of the molecule is Cc1cc(C2CCC(CNC(=O)c3c[nH]cc3-c3cccc(Cl)c3)CC2)ccn1. The van der Waals surface area contributed by atoms with Crippen LogP contribution in [-0.4, -0.2) is 22.4 Å². The fourth-order valence-electron chi connectivity index (χ4n) is 4.30. The largest absolute Gasteiger partial charge is 0.366 e. The molecule has 0 radical (unpaired) electrons. The predicted octanol–water partition coefficient (Wildman–Crippen LogP) is 5.74. The van der Waals surface area contributed by atoms with Crippen molar-refractivity contribution < 1.29 is 4.79 Å². The maximum absolute atomic E-state index is 12.8. The molecule has 1 aliphatic rings. The molecular weight excluding hydrogens is 382 g/mol. The molecule has 5 heteroatoms. The summed E-state index contributed by atoms with van der Waals surface area (Å²) in [7, 11) is 0. The van der Waals surface area contributed by atoms with E-state index in [1.54, 1.807) is 6.20 Å². The molecule has 0 spiro atoms. The lowest BCUT2D eigenvalue weighted by molar-refractivity contribution is 0.0943. The number of nitrogens with zero attached hydrogens (tertiary/aromatic N) is 1. The second-order valence-electron chi connectivity index (χ2n) is 7.95. The summed E-state index contributed by atoms with van der Waals surface area (Å²) in [6.07, 6.45) is 10.1. The number of aromatic amines is 1. The molecule has 2 N–H and O–H groups in total. The quantitative estimate of drug-likeness (QED) is 0.566. The molecule has 0 aliphatic heterocycles. The van der Waals surface area contributed by atoms with Crippen molar-refractivity contribution in [2.75, 3.05) is 6.54 Å². The van der Waals surface area contributed by atoms with Crippen molar-refractivity contribution in [3.63, 3.8) is 0 Å². The Kier molecular flexibility index (Phi) is 6.00. The van der Waals surface area contributed by atoms with Crippen molar-refractivity contribution >= 4 is 17.5 Å². The number of halogens is 1. The lowest BCUT2D eigenvalue weighted by Gasteiger charge is -2.29. The van der Waals surface area contributed by atoms with Gasteiger partial charge in [0.15, 0.2) is 0 Å². The van der Waals surface area contributed by atoms with Crippen LogP contribution in [0.1, 0.15) is 53.2 Å². The van der Waals surface area contributed by atoms with Crippen molar-refractivity contribution in [2.45, 2.75) is 38.5 Å². The third kappa shape index (κ3) is 4.70. The Morgan fingerprint density at radius 1 is 1.17 bits per heavy atom. The Morgan fingerprint density at radius 3 is 2.76 bits per heavy atom. The Hall–Kier alpha value is -2.59. The highest BCUT2D eigenvalue weighted by molar-refractivity contribution is 6.30. The van der Waals surface area contributed by atoms with Gasteiger partial charge in [-0.3, -0.25) is 9.78 Å². The molecular formula is C24H26ClN3O. The molecule has 0 saturated heterocycles. The number of hydrogen-bond acceptors (Lipinski definition) is 2. The minimum atomic E-state index is -0.0342. The molecule has 0 atom stereocenters. The average Bonchev–Trinajstić information content (AvgIpc) is 3.22. The maximum Gasteiger partial charge on any atom is 0.253 e. The molecule has 1 saturated carbocycles. The highest BCUT2D eigenvalue weighted by Crippen LogP contribution is 2.35. The summed E-state index contributed by atoms with van der Waals surface area (Å²) >= 11 is 6.11. The van der Waals surface area contributed by atoms with E-state index >= 15 is 0 Å². The standard InChI is InChI=1S/C24H26ClN3O/c1-16-11-19(9-10-27-16)18-7-5-17(6-8-18)13-28-24(29)23-15-26-14-22(23)20-3-2-4-21(25)12-20/h2-4,9-12,14-15,17-18,26H,5-8,13H2,1H3,(H,28,29). The normalized spacial score (nSPS) is 19.1. The molecule has 2 heterocycles. The molecule has 29 heavy (non-hydrogen) atoms. The van der Waals surface area contributed by atoms with E-state index in [-0.39, 0.29) is 5.91 Å². The molecule has 1 aliphatic carbocycles. The van der Waals surface area contributed by atoms with Gasteiger partial charge in [-0.1, -0.05) is 23.7 Å². The summed E-state index contributed by atoms with van der Waals surface area (Å²) in [5.41, 5.74) is 4.96. The molecule has 150 valence electrons. The van der Waals surface area contributed by atoms with Gasteiger partial charge in [0.05, 0.1) is 5.56 Å². The lowest BCUT2D eigenvalue weighted by atomic mass is 9.79. The van der Waals surface area contributed by atoms with E-state index in [2.05, 4.69) is 27.4 Å². The number of H-pyrrole nitrogens is 1. The first-order valence-electron chi connectivity index (χ1n) is 10.2. The van der Waals surface area contributed by atoms with Crippen molar-refractivity contribution in [3.05, 3.63) is 76.8 Å². The molecule has 1 fully saturated rings. The fourth-order valence-corrected chi connectivity index (χ4v) is 4.49. The van der Waals surface area contributed by atoms with Crippen molar-refractivity contribution in [3.8, 4) is 11.1 Å². The number of hydrogen-bond donors (Lipinski definition) is 2. The summed E-state index contributed by atoms with van der Waals surface area (Å²) in [5, 5.41) is 3.80. The van der Waals surface area contributed by atoms with Crippen LogP contribution in [0, 0.1) is 12.8 Å². The van der Waals surface area contributed by atoms with Gasteiger partial charge in [-0.15, -0.1) is 0 Å². The monoisotopic (exact) mass is 407 g/mol. The van der Waals surface area contributed by atoms with Crippen LogP contribution in [0.5, 0.6) is 0 Å². The van der Waals surface area contributed by atoms with E-state index in [0.29, 0.717) is 22.4 Å². The smallest absolute Gasteiger partial charge is 0.253 e. The second kappa shape index (κ2) is 8.83. The van der Waals surface area contributed by atoms with E-state index in [9.17, 15) is 4.79 Å². The third-order valence-electron chi connectivity index (χ3n) is 5.92. The highest BCUT2D eigenvalue weighted by Gasteiger charge is 2.23. The zero-order valence-electron chi connectivity index (χ0n) is 16.6. The van der Waals surface area contributed by atoms with Gasteiger partial charge in [0.1, 0.15) is 0 Å². The van der Waals surface area contributed by atoms with Gasteiger partial charge in [0.25, 0.3) is 5.91 Å². The molecule has 3 aromatic rings.